The zero-order valence-electron chi connectivity index (χ0n) is 11.9. The number of fused-ring (bicyclic) bond motifs is 1. The van der Waals surface area contributed by atoms with Gasteiger partial charge >= 0.3 is 0 Å². The first-order chi connectivity index (χ1) is 9.19. The van der Waals surface area contributed by atoms with Crippen LogP contribution >= 0.6 is 0 Å². The SMILES string of the molecule is CCCCN(CC)n1c(=O)c(C)cc2cccnc21. The van der Waals surface area contributed by atoms with E-state index in [9.17, 15) is 4.79 Å². The average molecular weight is 259 g/mol. The van der Waals surface area contributed by atoms with Gasteiger partial charge in [-0.3, -0.25) is 4.79 Å². The van der Waals surface area contributed by atoms with Crippen LogP contribution in [0, 0.1) is 6.92 Å². The second-order valence-electron chi connectivity index (χ2n) is 4.76. The quantitative estimate of drug-likeness (QED) is 0.828. The molecule has 0 fully saturated rings. The van der Waals surface area contributed by atoms with Crippen molar-refractivity contribution in [2.45, 2.75) is 33.6 Å². The Labute approximate surface area is 113 Å². The fourth-order valence-corrected chi connectivity index (χ4v) is 2.26. The molecule has 4 nitrogen and oxygen atoms in total. The molecule has 0 saturated carbocycles. The Hall–Kier alpha value is -1.84. The predicted octanol–water partition coefficient (Wildman–Crippen LogP) is 2.46. The lowest BCUT2D eigenvalue weighted by Gasteiger charge is -2.26. The molecule has 0 aliphatic heterocycles. The standard InChI is InChI=1S/C15H21N3O/c1-4-6-10-17(5-2)18-14-13(8-7-9-16-14)11-12(3)15(18)19/h7-9,11H,4-6,10H2,1-3H3. The zero-order chi connectivity index (χ0) is 13.8. The Kier molecular flexibility index (Phi) is 4.20. The van der Waals surface area contributed by atoms with E-state index in [1.807, 2.05) is 25.1 Å². The van der Waals surface area contributed by atoms with Crippen molar-refractivity contribution in [3.63, 3.8) is 0 Å². The first kappa shape index (κ1) is 13.6. The number of rotatable bonds is 5. The van der Waals surface area contributed by atoms with E-state index in [-0.39, 0.29) is 5.56 Å². The topological polar surface area (TPSA) is 38.1 Å². The summed E-state index contributed by atoms with van der Waals surface area (Å²) in [6.07, 6.45) is 3.92. The highest BCUT2D eigenvalue weighted by molar-refractivity contribution is 5.75. The molecule has 2 heterocycles. The molecule has 102 valence electrons. The number of aryl methyl sites for hydroxylation is 1. The lowest BCUT2D eigenvalue weighted by atomic mass is 10.2. The minimum atomic E-state index is 0.0316. The third-order valence-electron chi connectivity index (χ3n) is 3.34. The molecule has 19 heavy (non-hydrogen) atoms. The van der Waals surface area contributed by atoms with Crippen molar-refractivity contribution in [2.24, 2.45) is 0 Å². The van der Waals surface area contributed by atoms with Gasteiger partial charge in [-0.05, 0) is 38.5 Å². The molecule has 0 amide bonds. The van der Waals surface area contributed by atoms with Gasteiger partial charge in [0, 0.05) is 30.2 Å². The molecule has 0 unspecified atom stereocenters. The molecule has 0 aromatic carbocycles. The summed E-state index contributed by atoms with van der Waals surface area (Å²) in [6.45, 7) is 7.76. The molecule has 0 bridgehead atoms. The van der Waals surface area contributed by atoms with Crippen molar-refractivity contribution in [3.8, 4) is 0 Å². The maximum absolute atomic E-state index is 12.4. The highest BCUT2D eigenvalue weighted by Crippen LogP contribution is 2.11. The van der Waals surface area contributed by atoms with E-state index in [2.05, 4.69) is 23.8 Å². The minimum Gasteiger partial charge on any atom is -0.308 e. The minimum absolute atomic E-state index is 0.0316. The van der Waals surface area contributed by atoms with Crippen LogP contribution in [0.15, 0.2) is 29.2 Å². The number of hydrogen-bond acceptors (Lipinski definition) is 3. The van der Waals surface area contributed by atoms with E-state index < -0.39 is 0 Å². The normalized spacial score (nSPS) is 10.9. The van der Waals surface area contributed by atoms with E-state index in [4.69, 9.17) is 0 Å². The van der Waals surface area contributed by atoms with Gasteiger partial charge in [0.15, 0.2) is 5.65 Å². The maximum atomic E-state index is 12.4. The smallest absolute Gasteiger partial charge is 0.273 e. The first-order valence-electron chi connectivity index (χ1n) is 6.91. The molecular weight excluding hydrogens is 238 g/mol. The van der Waals surface area contributed by atoms with Gasteiger partial charge in [0.25, 0.3) is 5.56 Å². The molecule has 0 saturated heterocycles. The third-order valence-corrected chi connectivity index (χ3v) is 3.34. The Balaban J connectivity index is 2.62. The Morgan fingerprint density at radius 3 is 2.84 bits per heavy atom. The number of hydrogen-bond donors (Lipinski definition) is 0. The number of pyridine rings is 2. The fourth-order valence-electron chi connectivity index (χ4n) is 2.26. The summed E-state index contributed by atoms with van der Waals surface area (Å²) < 4.78 is 1.74. The van der Waals surface area contributed by atoms with Crippen LogP contribution in [-0.4, -0.2) is 22.7 Å². The van der Waals surface area contributed by atoms with Gasteiger partial charge < -0.3 is 5.01 Å². The van der Waals surface area contributed by atoms with Crippen molar-refractivity contribution in [2.75, 3.05) is 18.1 Å². The summed E-state index contributed by atoms with van der Waals surface area (Å²) in [4.78, 5) is 16.8. The monoisotopic (exact) mass is 259 g/mol. The van der Waals surface area contributed by atoms with Crippen molar-refractivity contribution >= 4 is 11.0 Å². The second kappa shape index (κ2) is 5.87. The van der Waals surface area contributed by atoms with Gasteiger partial charge in [0.2, 0.25) is 0 Å². The van der Waals surface area contributed by atoms with Crippen LogP contribution in [0.1, 0.15) is 32.3 Å². The van der Waals surface area contributed by atoms with Crippen LogP contribution < -0.4 is 10.6 Å². The highest BCUT2D eigenvalue weighted by Gasteiger charge is 2.12. The molecule has 0 aliphatic rings. The average Bonchev–Trinajstić information content (AvgIpc) is 2.43. The van der Waals surface area contributed by atoms with E-state index in [1.54, 1.807) is 10.9 Å². The molecule has 0 aliphatic carbocycles. The predicted molar refractivity (Wildman–Crippen MR) is 79.3 cm³/mol. The van der Waals surface area contributed by atoms with Crippen LogP contribution in [0.3, 0.4) is 0 Å². The van der Waals surface area contributed by atoms with E-state index in [1.165, 1.54) is 0 Å². The van der Waals surface area contributed by atoms with Crippen molar-refractivity contribution in [3.05, 3.63) is 40.3 Å². The number of unbranched alkanes of at least 4 members (excludes halogenated alkanes) is 1. The van der Waals surface area contributed by atoms with E-state index in [0.717, 1.165) is 42.5 Å². The number of aromatic nitrogens is 2. The fraction of sp³-hybridized carbons (Fsp3) is 0.467. The molecule has 2 aromatic heterocycles. The Morgan fingerprint density at radius 2 is 2.16 bits per heavy atom. The first-order valence-corrected chi connectivity index (χ1v) is 6.91. The molecule has 0 atom stereocenters. The van der Waals surface area contributed by atoms with Crippen molar-refractivity contribution in [1.29, 1.82) is 0 Å². The summed E-state index contributed by atoms with van der Waals surface area (Å²) in [5, 5.41) is 3.09. The van der Waals surface area contributed by atoms with Gasteiger partial charge in [-0.2, -0.15) is 0 Å². The zero-order valence-corrected chi connectivity index (χ0v) is 11.9. The van der Waals surface area contributed by atoms with Crippen LogP contribution in [0.4, 0.5) is 0 Å². The van der Waals surface area contributed by atoms with Gasteiger partial charge in [-0.15, -0.1) is 0 Å². The summed E-state index contributed by atoms with van der Waals surface area (Å²) in [5.74, 6) is 0. The summed E-state index contributed by atoms with van der Waals surface area (Å²) in [6, 6.07) is 5.81. The summed E-state index contributed by atoms with van der Waals surface area (Å²) >= 11 is 0. The van der Waals surface area contributed by atoms with Gasteiger partial charge in [-0.25, -0.2) is 9.66 Å². The lowest BCUT2D eigenvalue weighted by molar-refractivity contribution is 0.570. The largest absolute Gasteiger partial charge is 0.308 e. The van der Waals surface area contributed by atoms with Gasteiger partial charge in [0.1, 0.15) is 0 Å². The molecule has 4 heteroatoms. The molecule has 2 rings (SSSR count). The van der Waals surface area contributed by atoms with Gasteiger partial charge in [-0.1, -0.05) is 13.3 Å². The van der Waals surface area contributed by atoms with Crippen molar-refractivity contribution in [1.82, 2.24) is 9.66 Å². The Morgan fingerprint density at radius 1 is 1.37 bits per heavy atom. The van der Waals surface area contributed by atoms with Crippen LogP contribution in [-0.2, 0) is 0 Å². The van der Waals surface area contributed by atoms with Crippen molar-refractivity contribution < 1.29 is 0 Å². The lowest BCUT2D eigenvalue weighted by Crippen LogP contribution is -2.43. The number of nitrogens with zero attached hydrogens (tertiary/aromatic N) is 3. The van der Waals surface area contributed by atoms with E-state index in [0.29, 0.717) is 0 Å². The van der Waals surface area contributed by atoms with Crippen LogP contribution in [0.5, 0.6) is 0 Å². The molecular formula is C15H21N3O. The summed E-state index contributed by atoms with van der Waals surface area (Å²) in [5.41, 5.74) is 1.54. The second-order valence-corrected chi connectivity index (χ2v) is 4.76. The molecule has 0 radical (unpaired) electrons. The third kappa shape index (κ3) is 2.62. The molecule has 2 aromatic rings. The highest BCUT2D eigenvalue weighted by atomic mass is 16.1. The Bertz CT molecular complexity index is 618. The van der Waals surface area contributed by atoms with Crippen LogP contribution in [0.2, 0.25) is 0 Å². The van der Waals surface area contributed by atoms with E-state index >= 15 is 0 Å². The van der Waals surface area contributed by atoms with Gasteiger partial charge in [0.05, 0.1) is 0 Å². The van der Waals surface area contributed by atoms with Crippen LogP contribution in [0.25, 0.3) is 11.0 Å². The maximum Gasteiger partial charge on any atom is 0.273 e. The molecule has 0 N–H and O–H groups in total. The summed E-state index contributed by atoms with van der Waals surface area (Å²) in [7, 11) is 0. The molecule has 0 spiro atoms.